The predicted molar refractivity (Wildman–Crippen MR) is 121 cm³/mol. The van der Waals surface area contributed by atoms with Crippen LogP contribution < -0.4 is 11.1 Å². The molecule has 3 aromatic rings. The number of pyridine rings is 1. The van der Waals surface area contributed by atoms with Crippen molar-refractivity contribution in [2.45, 2.75) is 20.0 Å². The summed E-state index contributed by atoms with van der Waals surface area (Å²) in [4.78, 5) is 18.0. The maximum Gasteiger partial charge on any atom is 0.336 e. The van der Waals surface area contributed by atoms with E-state index in [1.807, 2.05) is 29.6 Å². The number of nitrogens with one attached hydrogen (secondary N) is 1. The Labute approximate surface area is 179 Å². The molecule has 0 unspecified atom stereocenters. The van der Waals surface area contributed by atoms with Crippen LogP contribution in [0.25, 0.3) is 10.4 Å². The van der Waals surface area contributed by atoms with Crippen molar-refractivity contribution < 1.29 is 18.4 Å². The zero-order chi connectivity index (χ0) is 21.6. The van der Waals surface area contributed by atoms with Gasteiger partial charge in [0.05, 0.1) is 42.0 Å². The third-order valence-corrected chi connectivity index (χ3v) is 7.13. The van der Waals surface area contributed by atoms with E-state index >= 15 is 0 Å². The molecule has 2 heterocycles. The second kappa shape index (κ2) is 10.00. The van der Waals surface area contributed by atoms with Gasteiger partial charge in [-0.25, -0.2) is 0 Å². The first-order valence-corrected chi connectivity index (χ1v) is 12.1. The van der Waals surface area contributed by atoms with Crippen LogP contribution in [0, 0.1) is 0 Å². The minimum Gasteiger partial charge on any atom is -0.397 e. The number of nitrogens with two attached hydrogens (primary N) is 1. The van der Waals surface area contributed by atoms with Crippen LogP contribution in [-0.2, 0) is 19.8 Å². The Morgan fingerprint density at radius 1 is 1.17 bits per heavy atom. The number of aromatic nitrogens is 1. The third-order valence-electron chi connectivity index (χ3n) is 4.20. The molecule has 3 N–H and O–H groups in total. The molecular formula is C21H24N3O4PS. The highest BCUT2D eigenvalue weighted by Gasteiger charge is 2.25. The van der Waals surface area contributed by atoms with Crippen molar-refractivity contribution in [2.75, 3.05) is 24.3 Å². The number of carbonyl (C=O) groups is 1. The average molecular weight is 445 g/mol. The minimum absolute atomic E-state index is 0.0480. The van der Waals surface area contributed by atoms with Gasteiger partial charge >= 0.3 is 7.60 Å². The van der Waals surface area contributed by atoms with Crippen LogP contribution in [0.5, 0.6) is 0 Å². The molecule has 0 aliphatic carbocycles. The fraction of sp³-hybridized carbons (Fsp3) is 0.238. The Kier molecular flexibility index (Phi) is 7.39. The average Bonchev–Trinajstić information content (AvgIpc) is 3.25. The quantitative estimate of drug-likeness (QED) is 0.337. The van der Waals surface area contributed by atoms with E-state index in [9.17, 15) is 9.36 Å². The molecule has 0 fully saturated rings. The summed E-state index contributed by atoms with van der Waals surface area (Å²) in [6.45, 7) is 4.07. The fourth-order valence-corrected chi connectivity index (χ4v) is 5.18. The number of carbonyl (C=O) groups excluding carboxylic acids is 1. The molecule has 0 radical (unpaired) electrons. The second-order valence-electron chi connectivity index (χ2n) is 6.38. The zero-order valence-electron chi connectivity index (χ0n) is 16.8. The Hall–Kier alpha value is -2.51. The van der Waals surface area contributed by atoms with Gasteiger partial charge in [-0.1, -0.05) is 12.1 Å². The van der Waals surface area contributed by atoms with Crippen molar-refractivity contribution in [2.24, 2.45) is 0 Å². The summed E-state index contributed by atoms with van der Waals surface area (Å²) in [5.74, 6) is -0.332. The lowest BCUT2D eigenvalue weighted by Gasteiger charge is -2.16. The van der Waals surface area contributed by atoms with E-state index < -0.39 is 7.60 Å². The lowest BCUT2D eigenvalue weighted by Crippen LogP contribution is -2.14. The Morgan fingerprint density at radius 2 is 1.93 bits per heavy atom. The van der Waals surface area contributed by atoms with Gasteiger partial charge in [-0.15, -0.1) is 11.3 Å². The number of nitrogens with zero attached hydrogens (tertiary/aromatic N) is 1. The van der Waals surface area contributed by atoms with Gasteiger partial charge in [-0.3, -0.25) is 14.3 Å². The van der Waals surface area contributed by atoms with Crippen LogP contribution in [0.1, 0.15) is 29.9 Å². The van der Waals surface area contributed by atoms with E-state index in [4.69, 9.17) is 14.8 Å². The van der Waals surface area contributed by atoms with Crippen LogP contribution in [0.15, 0.2) is 54.0 Å². The van der Waals surface area contributed by atoms with E-state index in [0.29, 0.717) is 22.6 Å². The number of nitrogen functional groups attached to an aromatic ring is 1. The van der Waals surface area contributed by atoms with Crippen molar-refractivity contribution in [3.63, 3.8) is 0 Å². The van der Waals surface area contributed by atoms with Crippen LogP contribution in [0.4, 0.5) is 11.4 Å². The molecule has 9 heteroatoms. The maximum atomic E-state index is 12.7. The Bertz CT molecular complexity index is 1030. The molecule has 1 amide bonds. The first-order valence-electron chi connectivity index (χ1n) is 9.52. The van der Waals surface area contributed by atoms with Crippen molar-refractivity contribution in [3.8, 4) is 10.4 Å². The van der Waals surface area contributed by atoms with E-state index in [-0.39, 0.29) is 25.3 Å². The fourth-order valence-electron chi connectivity index (χ4n) is 2.83. The van der Waals surface area contributed by atoms with Gasteiger partial charge in [0.25, 0.3) is 5.91 Å². The lowest BCUT2D eigenvalue weighted by molar-refractivity contribution is 0.102. The number of benzene rings is 1. The summed E-state index contributed by atoms with van der Waals surface area (Å²) < 4.78 is 23.2. The summed E-state index contributed by atoms with van der Waals surface area (Å²) >= 11 is 1.61. The number of thiophene rings is 1. The van der Waals surface area contributed by atoms with Crippen LogP contribution in [-0.4, -0.2) is 24.1 Å². The summed E-state index contributed by atoms with van der Waals surface area (Å²) in [7, 11) is -3.25. The number of anilines is 2. The molecule has 30 heavy (non-hydrogen) atoms. The molecule has 3 rings (SSSR count). The molecule has 7 nitrogen and oxygen atoms in total. The predicted octanol–water partition coefficient (Wildman–Crippen LogP) is 5.41. The molecule has 2 aromatic heterocycles. The Balaban J connectivity index is 1.72. The van der Waals surface area contributed by atoms with E-state index in [1.165, 1.54) is 6.20 Å². The summed E-state index contributed by atoms with van der Waals surface area (Å²) in [5, 5.41) is 4.83. The van der Waals surface area contributed by atoms with Gasteiger partial charge in [0.2, 0.25) is 0 Å². The largest absolute Gasteiger partial charge is 0.397 e. The summed E-state index contributed by atoms with van der Waals surface area (Å²) in [6.07, 6.45) is 1.48. The second-order valence-corrected chi connectivity index (χ2v) is 9.38. The van der Waals surface area contributed by atoms with Gasteiger partial charge < -0.3 is 20.1 Å². The molecule has 0 saturated heterocycles. The Morgan fingerprint density at radius 3 is 2.53 bits per heavy atom. The third kappa shape index (κ3) is 5.55. The first-order chi connectivity index (χ1) is 14.4. The van der Waals surface area contributed by atoms with Crippen molar-refractivity contribution in [1.82, 2.24) is 4.98 Å². The highest BCUT2D eigenvalue weighted by atomic mass is 32.1. The highest BCUT2D eigenvalue weighted by molar-refractivity contribution is 7.53. The molecule has 0 atom stereocenters. The molecule has 0 saturated carbocycles. The van der Waals surface area contributed by atoms with Crippen LogP contribution >= 0.6 is 18.9 Å². The van der Waals surface area contributed by atoms with Crippen molar-refractivity contribution in [1.29, 1.82) is 0 Å². The zero-order valence-corrected chi connectivity index (χ0v) is 18.5. The number of rotatable bonds is 9. The van der Waals surface area contributed by atoms with Gasteiger partial charge in [0, 0.05) is 11.1 Å². The van der Waals surface area contributed by atoms with Crippen molar-refractivity contribution in [3.05, 3.63) is 65.3 Å². The SMILES string of the molecule is CCOP(=O)(Cc1ccc(C(=O)Nc2cc(-c3cccs3)ccc2N)cn1)OCC. The lowest BCUT2D eigenvalue weighted by atomic mass is 10.1. The van der Waals surface area contributed by atoms with Gasteiger partial charge in [0.15, 0.2) is 0 Å². The van der Waals surface area contributed by atoms with Gasteiger partial charge in [0.1, 0.15) is 0 Å². The van der Waals surface area contributed by atoms with E-state index in [0.717, 1.165) is 10.4 Å². The van der Waals surface area contributed by atoms with E-state index in [1.54, 1.807) is 43.4 Å². The smallest absolute Gasteiger partial charge is 0.336 e. The standard InChI is InChI=1S/C21H24N3O4PS/c1-3-27-29(26,28-4-2)14-17-9-7-16(13-23-17)21(25)24-19-12-15(8-10-18(19)22)20-6-5-11-30-20/h5-13H,3-4,14,22H2,1-2H3,(H,24,25). The molecule has 1 aromatic carbocycles. The normalized spacial score (nSPS) is 11.4. The van der Waals surface area contributed by atoms with Crippen molar-refractivity contribution >= 4 is 36.2 Å². The van der Waals surface area contributed by atoms with Gasteiger partial charge in [-0.2, -0.15) is 0 Å². The number of amides is 1. The van der Waals surface area contributed by atoms with E-state index in [2.05, 4.69) is 10.3 Å². The van der Waals surface area contributed by atoms with Crippen LogP contribution in [0.3, 0.4) is 0 Å². The highest BCUT2D eigenvalue weighted by Crippen LogP contribution is 2.50. The monoisotopic (exact) mass is 445 g/mol. The summed E-state index contributed by atoms with van der Waals surface area (Å²) in [5.41, 5.74) is 8.91. The number of hydrogen-bond acceptors (Lipinski definition) is 7. The first kappa shape index (κ1) is 22.2. The summed E-state index contributed by atoms with van der Waals surface area (Å²) in [6, 6.07) is 12.8. The topological polar surface area (TPSA) is 104 Å². The molecular weight excluding hydrogens is 421 g/mol. The molecule has 0 spiro atoms. The molecule has 0 aliphatic heterocycles. The molecule has 0 aliphatic rings. The van der Waals surface area contributed by atoms with Gasteiger partial charge in [-0.05, 0) is 55.1 Å². The molecule has 158 valence electrons. The number of hydrogen-bond donors (Lipinski definition) is 2. The minimum atomic E-state index is -3.25. The van der Waals surface area contributed by atoms with Crippen LogP contribution in [0.2, 0.25) is 0 Å². The molecule has 0 bridgehead atoms. The maximum absolute atomic E-state index is 12.7.